The summed E-state index contributed by atoms with van der Waals surface area (Å²) >= 11 is 0. The molecule has 1 heterocycles. The second kappa shape index (κ2) is 7.46. The number of methoxy groups -OCH3 is 2. The van der Waals surface area contributed by atoms with Gasteiger partial charge in [0.2, 0.25) is 0 Å². The first-order valence-electron chi connectivity index (χ1n) is 10.3. The molecule has 5 rings (SSSR count). The van der Waals surface area contributed by atoms with Gasteiger partial charge >= 0.3 is 0 Å². The van der Waals surface area contributed by atoms with Crippen LogP contribution in [-0.4, -0.2) is 35.9 Å². The summed E-state index contributed by atoms with van der Waals surface area (Å²) < 4.78 is 24.1. The second-order valence-corrected chi connectivity index (χ2v) is 8.12. The minimum Gasteiger partial charge on any atom is -0.504 e. The molecule has 0 amide bonds. The Labute approximate surface area is 180 Å². The van der Waals surface area contributed by atoms with Crippen LogP contribution in [0.25, 0.3) is 11.1 Å². The van der Waals surface area contributed by atoms with Crippen LogP contribution in [0.3, 0.4) is 0 Å². The standard InChI is InChI=1S/C25H24FNO4/c1-30-21-12-18-16(10-20(21)28)9-19-23-15(11-22(31-2)25(29)24(18)23)7-8-27(19)13-14-3-5-17(26)6-4-14/h3-6,10-12,19,28-29H,7-9,13H2,1-2H3. The molecule has 1 aliphatic carbocycles. The van der Waals surface area contributed by atoms with Gasteiger partial charge in [0.05, 0.1) is 14.2 Å². The molecular weight excluding hydrogens is 397 g/mol. The lowest BCUT2D eigenvalue weighted by atomic mass is 9.76. The Morgan fingerprint density at radius 2 is 1.74 bits per heavy atom. The van der Waals surface area contributed by atoms with Gasteiger partial charge in [-0.25, -0.2) is 4.39 Å². The molecule has 0 bridgehead atoms. The van der Waals surface area contributed by atoms with Crippen molar-refractivity contribution in [3.63, 3.8) is 0 Å². The summed E-state index contributed by atoms with van der Waals surface area (Å²) in [7, 11) is 3.06. The normalized spacial score (nSPS) is 17.1. The first kappa shape index (κ1) is 19.7. The number of halogens is 1. The van der Waals surface area contributed by atoms with Crippen molar-refractivity contribution in [1.29, 1.82) is 0 Å². The Bertz CT molecular complexity index is 1160. The van der Waals surface area contributed by atoms with E-state index in [9.17, 15) is 14.6 Å². The second-order valence-electron chi connectivity index (χ2n) is 8.12. The van der Waals surface area contributed by atoms with Gasteiger partial charge in [0.25, 0.3) is 0 Å². The minimum absolute atomic E-state index is 0.0286. The van der Waals surface area contributed by atoms with E-state index in [1.807, 2.05) is 18.2 Å². The van der Waals surface area contributed by atoms with Crippen LogP contribution in [0.5, 0.6) is 23.0 Å². The average molecular weight is 421 g/mol. The van der Waals surface area contributed by atoms with Gasteiger partial charge < -0.3 is 19.7 Å². The van der Waals surface area contributed by atoms with Crippen LogP contribution in [0, 0.1) is 5.82 Å². The summed E-state index contributed by atoms with van der Waals surface area (Å²) in [5.74, 6) is 0.742. The van der Waals surface area contributed by atoms with Gasteiger partial charge in [0.15, 0.2) is 23.0 Å². The Morgan fingerprint density at radius 1 is 1.00 bits per heavy atom. The van der Waals surface area contributed by atoms with Gasteiger partial charge in [-0.05, 0) is 71.0 Å². The number of fused-ring (bicyclic) bond motifs is 2. The SMILES string of the molecule is COc1cc2c(cc1O)CC1c3c(cc(OC)c(O)c3-2)CCN1Cc1ccc(F)cc1. The number of phenols is 2. The van der Waals surface area contributed by atoms with E-state index in [-0.39, 0.29) is 23.4 Å². The van der Waals surface area contributed by atoms with E-state index >= 15 is 0 Å². The van der Waals surface area contributed by atoms with Gasteiger partial charge in [-0.3, -0.25) is 4.90 Å². The van der Waals surface area contributed by atoms with Crippen molar-refractivity contribution in [1.82, 2.24) is 4.90 Å². The maximum Gasteiger partial charge on any atom is 0.166 e. The Hall–Kier alpha value is -3.25. The molecule has 6 heteroatoms. The van der Waals surface area contributed by atoms with Crippen LogP contribution in [-0.2, 0) is 19.4 Å². The molecule has 160 valence electrons. The van der Waals surface area contributed by atoms with E-state index in [1.165, 1.54) is 19.2 Å². The molecular formula is C25H24FNO4. The minimum atomic E-state index is -0.247. The van der Waals surface area contributed by atoms with Crippen molar-refractivity contribution in [2.75, 3.05) is 20.8 Å². The highest BCUT2D eigenvalue weighted by Gasteiger charge is 2.37. The average Bonchev–Trinajstić information content (AvgIpc) is 2.77. The maximum atomic E-state index is 13.4. The number of hydrogen-bond acceptors (Lipinski definition) is 5. The first-order valence-corrected chi connectivity index (χ1v) is 10.3. The van der Waals surface area contributed by atoms with E-state index in [0.29, 0.717) is 24.5 Å². The molecule has 3 aromatic carbocycles. The summed E-state index contributed by atoms with van der Waals surface area (Å²) in [5, 5.41) is 21.5. The molecule has 1 atom stereocenters. The molecule has 0 radical (unpaired) electrons. The smallest absolute Gasteiger partial charge is 0.166 e. The number of phenolic OH excluding ortho intramolecular Hbond substituents is 2. The molecule has 0 saturated carbocycles. The van der Waals surface area contributed by atoms with Crippen molar-refractivity contribution < 1.29 is 24.1 Å². The van der Waals surface area contributed by atoms with Gasteiger partial charge in [0.1, 0.15) is 5.82 Å². The molecule has 0 spiro atoms. The van der Waals surface area contributed by atoms with Crippen molar-refractivity contribution in [2.45, 2.75) is 25.4 Å². The third-order valence-corrected chi connectivity index (χ3v) is 6.44. The fraction of sp³-hybridized carbons (Fsp3) is 0.280. The first-order chi connectivity index (χ1) is 15.0. The third-order valence-electron chi connectivity index (χ3n) is 6.44. The number of benzene rings is 3. The van der Waals surface area contributed by atoms with Crippen LogP contribution in [0.15, 0.2) is 42.5 Å². The van der Waals surface area contributed by atoms with Crippen LogP contribution in [0.4, 0.5) is 4.39 Å². The van der Waals surface area contributed by atoms with Crippen LogP contribution in [0.1, 0.15) is 28.3 Å². The fourth-order valence-electron chi connectivity index (χ4n) is 4.96. The highest BCUT2D eigenvalue weighted by molar-refractivity contribution is 5.84. The molecule has 1 aliphatic heterocycles. The molecule has 5 nitrogen and oxygen atoms in total. The van der Waals surface area contributed by atoms with Crippen molar-refractivity contribution >= 4 is 0 Å². The van der Waals surface area contributed by atoms with E-state index < -0.39 is 0 Å². The zero-order chi connectivity index (χ0) is 21.7. The van der Waals surface area contributed by atoms with Crippen LogP contribution < -0.4 is 9.47 Å². The van der Waals surface area contributed by atoms with Crippen LogP contribution >= 0.6 is 0 Å². The monoisotopic (exact) mass is 421 g/mol. The number of rotatable bonds is 4. The molecule has 2 N–H and O–H groups in total. The Kier molecular flexibility index (Phi) is 4.74. The lowest BCUT2D eigenvalue weighted by Gasteiger charge is -2.42. The molecule has 1 unspecified atom stereocenters. The number of aromatic hydroxyl groups is 2. The predicted octanol–water partition coefficient (Wildman–Crippen LogP) is 4.58. The highest BCUT2D eigenvalue weighted by atomic mass is 19.1. The van der Waals surface area contributed by atoms with Crippen molar-refractivity contribution in [3.8, 4) is 34.1 Å². The summed E-state index contributed by atoms with van der Waals surface area (Å²) in [5.41, 5.74) is 5.81. The Balaban J connectivity index is 1.66. The molecule has 0 aromatic heterocycles. The van der Waals surface area contributed by atoms with E-state index in [2.05, 4.69) is 4.90 Å². The molecule has 3 aromatic rings. The van der Waals surface area contributed by atoms with Crippen molar-refractivity contribution in [2.24, 2.45) is 0 Å². The Morgan fingerprint density at radius 3 is 2.45 bits per heavy atom. The fourth-order valence-corrected chi connectivity index (χ4v) is 4.96. The summed E-state index contributed by atoms with van der Waals surface area (Å²) in [6.45, 7) is 1.51. The molecule has 2 aliphatic rings. The summed E-state index contributed by atoms with van der Waals surface area (Å²) in [6, 6.07) is 12.1. The summed E-state index contributed by atoms with van der Waals surface area (Å²) in [4.78, 5) is 2.36. The van der Waals surface area contributed by atoms with E-state index in [0.717, 1.165) is 46.3 Å². The maximum absolute atomic E-state index is 13.4. The van der Waals surface area contributed by atoms with E-state index in [1.54, 1.807) is 19.2 Å². The molecule has 0 saturated heterocycles. The zero-order valence-electron chi connectivity index (χ0n) is 17.5. The largest absolute Gasteiger partial charge is 0.504 e. The highest BCUT2D eigenvalue weighted by Crippen LogP contribution is 2.53. The van der Waals surface area contributed by atoms with Gasteiger partial charge in [-0.15, -0.1) is 0 Å². The predicted molar refractivity (Wildman–Crippen MR) is 115 cm³/mol. The number of nitrogens with zero attached hydrogens (tertiary/aromatic N) is 1. The quantitative estimate of drug-likeness (QED) is 0.646. The summed E-state index contributed by atoms with van der Waals surface area (Å²) in [6.07, 6.45) is 1.51. The third kappa shape index (κ3) is 3.18. The number of hydrogen-bond donors (Lipinski definition) is 2. The topological polar surface area (TPSA) is 62.2 Å². The van der Waals surface area contributed by atoms with E-state index in [4.69, 9.17) is 9.47 Å². The lowest BCUT2D eigenvalue weighted by molar-refractivity contribution is 0.173. The van der Waals surface area contributed by atoms with Gasteiger partial charge in [-0.1, -0.05) is 12.1 Å². The molecule has 0 fully saturated rings. The van der Waals surface area contributed by atoms with Gasteiger partial charge in [0, 0.05) is 24.7 Å². The molecule has 31 heavy (non-hydrogen) atoms. The zero-order valence-corrected chi connectivity index (χ0v) is 17.5. The number of ether oxygens (including phenoxy) is 2. The lowest BCUT2D eigenvalue weighted by Crippen LogP contribution is -2.38. The van der Waals surface area contributed by atoms with Crippen LogP contribution in [0.2, 0.25) is 0 Å². The van der Waals surface area contributed by atoms with Gasteiger partial charge in [-0.2, -0.15) is 0 Å². The van der Waals surface area contributed by atoms with Crippen molar-refractivity contribution in [3.05, 3.63) is 70.5 Å².